The van der Waals surface area contributed by atoms with Gasteiger partial charge in [0.1, 0.15) is 6.04 Å². The van der Waals surface area contributed by atoms with Crippen molar-refractivity contribution in [1.29, 1.82) is 0 Å². The maximum absolute atomic E-state index is 11.7. The second-order valence-electron chi connectivity index (χ2n) is 3.19. The number of rotatable bonds is 7. The monoisotopic (exact) mass is 243 g/mol. The van der Waals surface area contributed by atoms with Crippen LogP contribution in [0.3, 0.4) is 0 Å². The second-order valence-corrected chi connectivity index (χ2v) is 3.97. The third kappa shape index (κ3) is 3.92. The molecule has 0 aliphatic rings. The molecule has 0 spiro atoms. The maximum Gasteiger partial charge on any atom is 0.327 e. The third-order valence-corrected chi connectivity index (χ3v) is 2.75. The molecule has 0 bridgehead atoms. The molecular weight excluding hydrogens is 226 g/mol. The van der Waals surface area contributed by atoms with Crippen molar-refractivity contribution in [2.24, 2.45) is 0 Å². The van der Waals surface area contributed by atoms with Gasteiger partial charge in [0, 0.05) is 13.7 Å². The zero-order valence-electron chi connectivity index (χ0n) is 9.56. The lowest BCUT2D eigenvalue weighted by Crippen LogP contribution is -2.32. The molecule has 0 radical (unpaired) electrons. The predicted molar refractivity (Wildman–Crippen MR) is 63.6 cm³/mol. The molecule has 90 valence electrons. The van der Waals surface area contributed by atoms with Gasteiger partial charge in [0.25, 0.3) is 0 Å². The molecule has 16 heavy (non-hydrogen) atoms. The Labute approximate surface area is 99.6 Å². The standard InChI is InChI=1S/C11H17NO3S/c1-3-15-11(13)10(12-5-6-14-2)9-4-7-16-8-9/h4,7-8,10,12H,3,5-6H2,1-2H3. The number of carbonyl (C=O) groups is 1. The van der Waals surface area contributed by atoms with Gasteiger partial charge < -0.3 is 9.47 Å². The smallest absolute Gasteiger partial charge is 0.327 e. The summed E-state index contributed by atoms with van der Waals surface area (Å²) in [6, 6.07) is 1.54. The Hall–Kier alpha value is -0.910. The number of hydrogen-bond acceptors (Lipinski definition) is 5. The van der Waals surface area contributed by atoms with Crippen molar-refractivity contribution in [3.8, 4) is 0 Å². The van der Waals surface area contributed by atoms with Crippen molar-refractivity contribution >= 4 is 17.3 Å². The summed E-state index contributed by atoms with van der Waals surface area (Å²) in [5.74, 6) is -0.239. The highest BCUT2D eigenvalue weighted by atomic mass is 32.1. The minimum atomic E-state index is -0.388. The van der Waals surface area contributed by atoms with Crippen molar-refractivity contribution in [3.63, 3.8) is 0 Å². The van der Waals surface area contributed by atoms with E-state index >= 15 is 0 Å². The summed E-state index contributed by atoms with van der Waals surface area (Å²) in [7, 11) is 1.63. The van der Waals surface area contributed by atoms with E-state index in [2.05, 4.69) is 5.32 Å². The van der Waals surface area contributed by atoms with Gasteiger partial charge in [0.2, 0.25) is 0 Å². The van der Waals surface area contributed by atoms with Gasteiger partial charge in [-0.1, -0.05) is 0 Å². The van der Waals surface area contributed by atoms with E-state index in [1.54, 1.807) is 25.4 Å². The largest absolute Gasteiger partial charge is 0.465 e. The van der Waals surface area contributed by atoms with E-state index in [1.165, 1.54) is 0 Å². The van der Waals surface area contributed by atoms with Gasteiger partial charge in [0.05, 0.1) is 13.2 Å². The summed E-state index contributed by atoms with van der Waals surface area (Å²) >= 11 is 1.56. The lowest BCUT2D eigenvalue weighted by Gasteiger charge is -2.15. The van der Waals surface area contributed by atoms with Crippen LogP contribution in [0.25, 0.3) is 0 Å². The van der Waals surface area contributed by atoms with Crippen LogP contribution in [-0.2, 0) is 14.3 Å². The van der Waals surface area contributed by atoms with Crippen LogP contribution < -0.4 is 5.32 Å². The zero-order chi connectivity index (χ0) is 11.8. The van der Waals surface area contributed by atoms with E-state index < -0.39 is 0 Å². The normalized spacial score (nSPS) is 12.4. The molecule has 1 atom stereocenters. The first-order valence-electron chi connectivity index (χ1n) is 5.20. The maximum atomic E-state index is 11.7. The highest BCUT2D eigenvalue weighted by molar-refractivity contribution is 7.08. The summed E-state index contributed by atoms with van der Waals surface area (Å²) in [5, 5.41) is 7.00. The highest BCUT2D eigenvalue weighted by Crippen LogP contribution is 2.17. The molecular formula is C11H17NO3S. The Morgan fingerprint density at radius 3 is 3.00 bits per heavy atom. The minimum Gasteiger partial charge on any atom is -0.465 e. The van der Waals surface area contributed by atoms with E-state index in [0.29, 0.717) is 19.8 Å². The number of ether oxygens (including phenoxy) is 2. The quantitative estimate of drug-likeness (QED) is 0.583. The predicted octanol–water partition coefficient (Wildman–Crippen LogP) is 1.59. The van der Waals surface area contributed by atoms with Crippen molar-refractivity contribution < 1.29 is 14.3 Å². The fourth-order valence-corrected chi connectivity index (χ4v) is 1.99. The first-order chi connectivity index (χ1) is 7.79. The first kappa shape index (κ1) is 13.2. The fraction of sp³-hybridized carbons (Fsp3) is 0.545. The van der Waals surface area contributed by atoms with E-state index in [-0.39, 0.29) is 12.0 Å². The molecule has 0 aromatic carbocycles. The van der Waals surface area contributed by atoms with Gasteiger partial charge in [-0.3, -0.25) is 5.32 Å². The van der Waals surface area contributed by atoms with Crippen LogP contribution in [0.1, 0.15) is 18.5 Å². The Morgan fingerprint density at radius 1 is 1.62 bits per heavy atom. The van der Waals surface area contributed by atoms with Gasteiger partial charge in [-0.05, 0) is 29.3 Å². The van der Waals surface area contributed by atoms with Crippen molar-refractivity contribution in [1.82, 2.24) is 5.32 Å². The molecule has 0 aliphatic heterocycles. The molecule has 1 rings (SSSR count). The Bertz CT molecular complexity index is 300. The number of methoxy groups -OCH3 is 1. The summed E-state index contributed by atoms with van der Waals surface area (Å²) in [6.45, 7) is 3.39. The third-order valence-electron chi connectivity index (χ3n) is 2.05. The number of hydrogen-bond donors (Lipinski definition) is 1. The van der Waals surface area contributed by atoms with Crippen LogP contribution in [0.4, 0.5) is 0 Å². The molecule has 5 heteroatoms. The van der Waals surface area contributed by atoms with Gasteiger partial charge in [0.15, 0.2) is 0 Å². The topological polar surface area (TPSA) is 47.6 Å². The lowest BCUT2D eigenvalue weighted by molar-refractivity contribution is -0.145. The average molecular weight is 243 g/mol. The second kappa shape index (κ2) is 7.38. The molecule has 1 unspecified atom stereocenters. The average Bonchev–Trinajstić information content (AvgIpc) is 2.78. The van der Waals surface area contributed by atoms with Crippen LogP contribution in [-0.4, -0.2) is 32.8 Å². The Morgan fingerprint density at radius 2 is 2.44 bits per heavy atom. The zero-order valence-corrected chi connectivity index (χ0v) is 10.4. The van der Waals surface area contributed by atoms with E-state index in [0.717, 1.165) is 5.56 Å². The number of nitrogens with one attached hydrogen (secondary N) is 1. The van der Waals surface area contributed by atoms with Crippen LogP contribution >= 0.6 is 11.3 Å². The number of carbonyl (C=O) groups excluding carboxylic acids is 1. The van der Waals surface area contributed by atoms with Crippen molar-refractivity contribution in [3.05, 3.63) is 22.4 Å². The van der Waals surface area contributed by atoms with Crippen LogP contribution in [0, 0.1) is 0 Å². The molecule has 4 nitrogen and oxygen atoms in total. The molecule has 0 fully saturated rings. The van der Waals surface area contributed by atoms with Gasteiger partial charge in [-0.15, -0.1) is 0 Å². The van der Waals surface area contributed by atoms with Crippen LogP contribution in [0.2, 0.25) is 0 Å². The molecule has 0 saturated heterocycles. The molecule has 1 aromatic rings. The number of esters is 1. The SMILES string of the molecule is CCOC(=O)C(NCCOC)c1ccsc1. The highest BCUT2D eigenvalue weighted by Gasteiger charge is 2.21. The van der Waals surface area contributed by atoms with Crippen LogP contribution in [0.5, 0.6) is 0 Å². The van der Waals surface area contributed by atoms with Crippen molar-refractivity contribution in [2.45, 2.75) is 13.0 Å². The summed E-state index contributed by atoms with van der Waals surface area (Å²) in [4.78, 5) is 11.7. The first-order valence-corrected chi connectivity index (χ1v) is 6.15. The molecule has 0 saturated carbocycles. The number of thiophene rings is 1. The minimum absolute atomic E-state index is 0.239. The van der Waals surface area contributed by atoms with Crippen LogP contribution in [0.15, 0.2) is 16.8 Å². The molecule has 1 heterocycles. The van der Waals surface area contributed by atoms with Gasteiger partial charge in [-0.2, -0.15) is 11.3 Å². The van der Waals surface area contributed by atoms with E-state index in [1.807, 2.05) is 16.8 Å². The fourth-order valence-electron chi connectivity index (χ4n) is 1.31. The lowest BCUT2D eigenvalue weighted by atomic mass is 10.1. The Kier molecular flexibility index (Phi) is 6.07. The molecule has 0 amide bonds. The molecule has 1 aromatic heterocycles. The summed E-state index contributed by atoms with van der Waals surface area (Å²) < 4.78 is 9.96. The Balaban J connectivity index is 2.58. The van der Waals surface area contributed by atoms with E-state index in [9.17, 15) is 4.79 Å². The summed E-state index contributed by atoms with van der Waals surface area (Å²) in [6.07, 6.45) is 0. The molecule has 0 aliphatic carbocycles. The summed E-state index contributed by atoms with van der Waals surface area (Å²) in [5.41, 5.74) is 0.944. The van der Waals surface area contributed by atoms with Crippen molar-refractivity contribution in [2.75, 3.05) is 26.9 Å². The molecule has 1 N–H and O–H groups in total. The van der Waals surface area contributed by atoms with Gasteiger partial charge in [-0.25, -0.2) is 4.79 Å². The van der Waals surface area contributed by atoms with Gasteiger partial charge >= 0.3 is 5.97 Å². The van der Waals surface area contributed by atoms with E-state index in [4.69, 9.17) is 9.47 Å².